The maximum Gasteiger partial charge on any atom is 0.290 e. The third-order valence-electron chi connectivity index (χ3n) is 7.07. The van der Waals surface area contributed by atoms with E-state index in [1.807, 2.05) is 61.5 Å². The molecule has 1 aliphatic heterocycles. The average Bonchev–Trinajstić information content (AvgIpc) is 3.20. The van der Waals surface area contributed by atoms with Crippen LogP contribution in [0.3, 0.4) is 0 Å². The van der Waals surface area contributed by atoms with Gasteiger partial charge in [-0.25, -0.2) is 0 Å². The smallest absolute Gasteiger partial charge is 0.290 e. The Kier molecular flexibility index (Phi) is 7.40. The molecule has 0 N–H and O–H groups in total. The van der Waals surface area contributed by atoms with Gasteiger partial charge in [-0.3, -0.25) is 9.59 Å². The number of carbonyl (C=O) groups is 1. The minimum absolute atomic E-state index is 0.142. The van der Waals surface area contributed by atoms with Gasteiger partial charge in [-0.15, -0.1) is 0 Å². The van der Waals surface area contributed by atoms with Crippen molar-refractivity contribution in [3.63, 3.8) is 0 Å². The highest BCUT2D eigenvalue weighted by molar-refractivity contribution is 5.99. The van der Waals surface area contributed by atoms with Gasteiger partial charge >= 0.3 is 0 Å². The van der Waals surface area contributed by atoms with Gasteiger partial charge in [0.1, 0.15) is 11.3 Å². The van der Waals surface area contributed by atoms with Crippen molar-refractivity contribution in [1.29, 1.82) is 0 Å². The fourth-order valence-corrected chi connectivity index (χ4v) is 5.07. The zero-order chi connectivity index (χ0) is 25.8. The second kappa shape index (κ2) is 11.0. The first-order valence-corrected chi connectivity index (χ1v) is 13.2. The molecule has 5 heteroatoms. The van der Waals surface area contributed by atoms with E-state index in [-0.39, 0.29) is 17.1 Å². The van der Waals surface area contributed by atoms with Crippen LogP contribution in [-0.2, 0) is 6.42 Å². The number of aryl methyl sites for hydroxylation is 1. The van der Waals surface area contributed by atoms with E-state index in [9.17, 15) is 9.59 Å². The summed E-state index contributed by atoms with van der Waals surface area (Å²) < 4.78 is 12.0. The Hall–Kier alpha value is -3.86. The summed E-state index contributed by atoms with van der Waals surface area (Å²) in [5.41, 5.74) is 3.70. The third-order valence-corrected chi connectivity index (χ3v) is 7.07. The van der Waals surface area contributed by atoms with Crippen LogP contribution in [0, 0.1) is 6.92 Å². The predicted octanol–water partition coefficient (Wildman–Crippen LogP) is 6.85. The standard InChI is InChI=1S/C32H33NO4/c1-3-4-5-9-20-36-25-15-13-24(14-16-25)29-28-30(34)26-21-22(2)12-17-27(26)37-31(28)32(35)33(29)19-18-23-10-7-6-8-11-23/h6-8,10-17,21,29H,3-5,9,18-20H2,1-2H3. The summed E-state index contributed by atoms with van der Waals surface area (Å²) in [4.78, 5) is 29.2. The fraction of sp³-hybridized carbons (Fsp3) is 0.312. The topological polar surface area (TPSA) is 59.8 Å². The van der Waals surface area contributed by atoms with Crippen molar-refractivity contribution in [2.45, 2.75) is 52.0 Å². The number of ether oxygens (including phenoxy) is 1. The van der Waals surface area contributed by atoms with Gasteiger partial charge in [0.05, 0.1) is 23.6 Å². The molecule has 2 heterocycles. The molecule has 1 aliphatic rings. The van der Waals surface area contributed by atoms with Gasteiger partial charge in [0.25, 0.3) is 5.91 Å². The fourth-order valence-electron chi connectivity index (χ4n) is 5.07. The molecule has 5 nitrogen and oxygen atoms in total. The van der Waals surface area contributed by atoms with E-state index in [0.717, 1.165) is 35.3 Å². The lowest BCUT2D eigenvalue weighted by molar-refractivity contribution is 0.0730. The van der Waals surface area contributed by atoms with Crippen molar-refractivity contribution in [3.05, 3.63) is 111 Å². The summed E-state index contributed by atoms with van der Waals surface area (Å²) in [5.74, 6) is 0.698. The first-order chi connectivity index (χ1) is 18.1. The maximum absolute atomic E-state index is 13.8. The molecule has 37 heavy (non-hydrogen) atoms. The van der Waals surface area contributed by atoms with E-state index in [1.165, 1.54) is 12.8 Å². The Balaban J connectivity index is 1.49. The van der Waals surface area contributed by atoms with E-state index in [0.29, 0.717) is 36.1 Å². The van der Waals surface area contributed by atoms with E-state index in [4.69, 9.17) is 9.15 Å². The normalized spacial score (nSPS) is 14.8. The van der Waals surface area contributed by atoms with Crippen LogP contribution in [-0.4, -0.2) is 24.0 Å². The number of hydrogen-bond donors (Lipinski definition) is 0. The molecule has 1 amide bonds. The van der Waals surface area contributed by atoms with Gasteiger partial charge in [-0.05, 0) is 55.2 Å². The number of rotatable bonds is 10. The minimum atomic E-state index is -0.508. The van der Waals surface area contributed by atoms with Gasteiger partial charge in [-0.1, -0.05) is 80.3 Å². The molecule has 0 saturated carbocycles. The molecular formula is C32H33NO4. The summed E-state index contributed by atoms with van der Waals surface area (Å²) in [6.07, 6.45) is 5.28. The second-order valence-electron chi connectivity index (χ2n) is 9.79. The Morgan fingerprint density at radius 2 is 1.70 bits per heavy atom. The van der Waals surface area contributed by atoms with Crippen molar-refractivity contribution in [2.24, 2.45) is 0 Å². The van der Waals surface area contributed by atoms with Gasteiger partial charge in [-0.2, -0.15) is 0 Å². The quantitative estimate of drug-likeness (QED) is 0.226. The number of amides is 1. The van der Waals surface area contributed by atoms with Crippen molar-refractivity contribution in [3.8, 4) is 5.75 Å². The largest absolute Gasteiger partial charge is 0.494 e. The van der Waals surface area contributed by atoms with Crippen molar-refractivity contribution in [2.75, 3.05) is 13.2 Å². The molecule has 4 aromatic rings. The zero-order valence-electron chi connectivity index (χ0n) is 21.5. The van der Waals surface area contributed by atoms with Crippen molar-refractivity contribution >= 4 is 16.9 Å². The van der Waals surface area contributed by atoms with E-state index >= 15 is 0 Å². The molecule has 1 unspecified atom stereocenters. The van der Waals surface area contributed by atoms with E-state index in [2.05, 4.69) is 19.1 Å². The molecule has 1 aromatic heterocycles. The van der Waals surface area contributed by atoms with Crippen LogP contribution in [0.5, 0.6) is 5.75 Å². The number of carbonyl (C=O) groups excluding carboxylic acids is 1. The molecule has 0 spiro atoms. The number of benzene rings is 3. The Morgan fingerprint density at radius 1 is 0.919 bits per heavy atom. The van der Waals surface area contributed by atoms with Gasteiger partial charge in [0.2, 0.25) is 5.76 Å². The maximum atomic E-state index is 13.8. The van der Waals surface area contributed by atoms with Crippen LogP contribution in [0.4, 0.5) is 0 Å². The summed E-state index contributed by atoms with van der Waals surface area (Å²) >= 11 is 0. The van der Waals surface area contributed by atoms with Crippen LogP contribution in [0.15, 0.2) is 82.0 Å². The van der Waals surface area contributed by atoms with Crippen LogP contribution in [0.1, 0.15) is 71.5 Å². The molecule has 190 valence electrons. The monoisotopic (exact) mass is 495 g/mol. The Labute approximate surface area is 217 Å². The summed E-state index contributed by atoms with van der Waals surface area (Å²) in [6.45, 7) is 5.30. The molecule has 3 aromatic carbocycles. The first kappa shape index (κ1) is 24.8. The molecule has 0 saturated heterocycles. The van der Waals surface area contributed by atoms with E-state index in [1.54, 1.807) is 11.0 Å². The molecule has 0 fully saturated rings. The van der Waals surface area contributed by atoms with E-state index < -0.39 is 6.04 Å². The number of fused-ring (bicyclic) bond motifs is 2. The lowest BCUT2D eigenvalue weighted by Crippen LogP contribution is -2.31. The highest BCUT2D eigenvalue weighted by Gasteiger charge is 2.42. The highest BCUT2D eigenvalue weighted by atomic mass is 16.5. The summed E-state index contributed by atoms with van der Waals surface area (Å²) in [7, 11) is 0. The summed E-state index contributed by atoms with van der Waals surface area (Å²) in [5, 5.41) is 0.508. The summed E-state index contributed by atoms with van der Waals surface area (Å²) in [6, 6.07) is 22.8. The lowest BCUT2D eigenvalue weighted by Gasteiger charge is -2.25. The molecule has 0 radical (unpaired) electrons. The third kappa shape index (κ3) is 5.17. The molecular weight excluding hydrogens is 462 g/mol. The molecule has 1 atom stereocenters. The predicted molar refractivity (Wildman–Crippen MR) is 146 cm³/mol. The van der Waals surface area contributed by atoms with Crippen molar-refractivity contribution < 1.29 is 13.9 Å². The number of hydrogen-bond acceptors (Lipinski definition) is 4. The van der Waals surface area contributed by atoms with Gasteiger partial charge in [0.15, 0.2) is 5.43 Å². The zero-order valence-corrected chi connectivity index (χ0v) is 21.5. The average molecular weight is 496 g/mol. The van der Waals surface area contributed by atoms with Crippen molar-refractivity contribution in [1.82, 2.24) is 4.90 Å². The molecule has 0 aliphatic carbocycles. The SMILES string of the molecule is CCCCCCOc1ccc(C2c3c(oc4ccc(C)cc4c3=O)C(=O)N2CCc2ccccc2)cc1. The Morgan fingerprint density at radius 3 is 2.46 bits per heavy atom. The second-order valence-corrected chi connectivity index (χ2v) is 9.79. The first-order valence-electron chi connectivity index (χ1n) is 13.2. The molecule has 0 bridgehead atoms. The molecule has 5 rings (SSSR count). The Bertz CT molecular complexity index is 1440. The number of unbranched alkanes of at least 4 members (excludes halogenated alkanes) is 3. The minimum Gasteiger partial charge on any atom is -0.494 e. The van der Waals surface area contributed by atoms with Crippen LogP contribution in [0.25, 0.3) is 11.0 Å². The lowest BCUT2D eigenvalue weighted by atomic mass is 9.98. The van der Waals surface area contributed by atoms with Crippen LogP contribution < -0.4 is 10.2 Å². The van der Waals surface area contributed by atoms with Gasteiger partial charge in [0, 0.05) is 6.54 Å². The van der Waals surface area contributed by atoms with Crippen LogP contribution >= 0.6 is 0 Å². The van der Waals surface area contributed by atoms with Crippen LogP contribution in [0.2, 0.25) is 0 Å². The number of nitrogens with zero attached hydrogens (tertiary/aromatic N) is 1. The highest BCUT2D eigenvalue weighted by Crippen LogP contribution is 2.38. The van der Waals surface area contributed by atoms with Gasteiger partial charge < -0.3 is 14.1 Å².